The fraction of sp³-hybridized carbons (Fsp3) is 0.625. The first-order valence-corrected chi connectivity index (χ1v) is 8.19. The third-order valence-corrected chi connectivity index (χ3v) is 5.27. The number of halogens is 1. The van der Waals surface area contributed by atoms with E-state index >= 15 is 0 Å². The molecule has 0 aromatic heterocycles. The average molecular weight is 340 g/mol. The molecule has 2 fully saturated rings. The SMILES string of the molecule is COCc1c(Br)cccc1NC1CCOC2(CCC2)C1. The molecule has 1 aromatic carbocycles. The van der Waals surface area contributed by atoms with E-state index < -0.39 is 0 Å². The predicted octanol–water partition coefficient (Wildman–Crippen LogP) is 4.11. The molecule has 3 nitrogen and oxygen atoms in total. The van der Waals surface area contributed by atoms with Crippen molar-refractivity contribution >= 4 is 21.6 Å². The number of hydrogen-bond acceptors (Lipinski definition) is 3. The molecule has 3 rings (SSSR count). The third-order valence-electron chi connectivity index (χ3n) is 4.52. The number of nitrogens with one attached hydrogen (secondary N) is 1. The highest BCUT2D eigenvalue weighted by Gasteiger charge is 2.42. The van der Waals surface area contributed by atoms with Crippen LogP contribution in [0.1, 0.15) is 37.7 Å². The number of methoxy groups -OCH3 is 1. The fourth-order valence-electron chi connectivity index (χ4n) is 3.28. The minimum Gasteiger partial charge on any atom is -0.382 e. The summed E-state index contributed by atoms with van der Waals surface area (Å²) in [6, 6.07) is 6.79. The lowest BCUT2D eigenvalue weighted by Gasteiger charge is -2.47. The van der Waals surface area contributed by atoms with Gasteiger partial charge in [-0.2, -0.15) is 0 Å². The molecule has 1 aliphatic carbocycles. The van der Waals surface area contributed by atoms with Crippen LogP contribution in [0.15, 0.2) is 22.7 Å². The van der Waals surface area contributed by atoms with Gasteiger partial charge in [0, 0.05) is 35.5 Å². The Bertz CT molecular complexity index is 474. The molecule has 1 aromatic rings. The van der Waals surface area contributed by atoms with Gasteiger partial charge in [0.25, 0.3) is 0 Å². The van der Waals surface area contributed by atoms with E-state index in [1.807, 2.05) is 0 Å². The topological polar surface area (TPSA) is 30.5 Å². The van der Waals surface area contributed by atoms with Crippen LogP contribution in [0.4, 0.5) is 5.69 Å². The molecule has 1 saturated heterocycles. The Morgan fingerprint density at radius 3 is 3.00 bits per heavy atom. The maximum atomic E-state index is 6.00. The zero-order chi connectivity index (χ0) is 14.0. The Morgan fingerprint density at radius 1 is 1.45 bits per heavy atom. The second kappa shape index (κ2) is 6.04. The van der Waals surface area contributed by atoms with E-state index in [9.17, 15) is 0 Å². The van der Waals surface area contributed by atoms with Crippen LogP contribution < -0.4 is 5.32 Å². The fourth-order valence-corrected chi connectivity index (χ4v) is 3.76. The van der Waals surface area contributed by atoms with Crippen molar-refractivity contribution in [3.8, 4) is 0 Å². The molecule has 1 aliphatic heterocycles. The Balaban J connectivity index is 1.72. The van der Waals surface area contributed by atoms with E-state index in [0.29, 0.717) is 12.6 Å². The lowest BCUT2D eigenvalue weighted by atomic mass is 9.74. The number of ether oxygens (including phenoxy) is 2. The molecule has 1 unspecified atom stereocenters. The van der Waals surface area contributed by atoms with Gasteiger partial charge in [0.1, 0.15) is 0 Å². The lowest BCUT2D eigenvalue weighted by Crippen LogP contribution is -2.49. The van der Waals surface area contributed by atoms with E-state index in [4.69, 9.17) is 9.47 Å². The lowest BCUT2D eigenvalue weighted by molar-refractivity contribution is -0.130. The highest BCUT2D eigenvalue weighted by atomic mass is 79.9. The molecule has 20 heavy (non-hydrogen) atoms. The average Bonchev–Trinajstić information content (AvgIpc) is 2.41. The van der Waals surface area contributed by atoms with Gasteiger partial charge < -0.3 is 14.8 Å². The Labute approximate surface area is 129 Å². The van der Waals surface area contributed by atoms with Gasteiger partial charge in [0.2, 0.25) is 0 Å². The summed E-state index contributed by atoms with van der Waals surface area (Å²) in [4.78, 5) is 0. The molecule has 2 aliphatic rings. The van der Waals surface area contributed by atoms with Crippen molar-refractivity contribution < 1.29 is 9.47 Å². The van der Waals surface area contributed by atoms with E-state index in [-0.39, 0.29) is 5.60 Å². The third kappa shape index (κ3) is 2.87. The summed E-state index contributed by atoms with van der Waals surface area (Å²) in [6.07, 6.45) is 5.99. The van der Waals surface area contributed by atoms with Crippen LogP contribution in [0.3, 0.4) is 0 Å². The van der Waals surface area contributed by atoms with Crippen molar-refractivity contribution in [2.45, 2.75) is 50.4 Å². The van der Waals surface area contributed by atoms with Gasteiger partial charge in [-0.15, -0.1) is 0 Å². The molecule has 110 valence electrons. The van der Waals surface area contributed by atoms with Crippen molar-refractivity contribution in [1.82, 2.24) is 0 Å². The number of hydrogen-bond donors (Lipinski definition) is 1. The smallest absolute Gasteiger partial charge is 0.0744 e. The molecule has 1 spiro atoms. The number of benzene rings is 1. The van der Waals surface area contributed by atoms with Gasteiger partial charge in [0.15, 0.2) is 0 Å². The molecular weight excluding hydrogens is 318 g/mol. The van der Waals surface area contributed by atoms with Crippen LogP contribution >= 0.6 is 15.9 Å². The van der Waals surface area contributed by atoms with Gasteiger partial charge >= 0.3 is 0 Å². The van der Waals surface area contributed by atoms with Crippen LogP contribution in [-0.4, -0.2) is 25.4 Å². The Morgan fingerprint density at radius 2 is 2.30 bits per heavy atom. The zero-order valence-electron chi connectivity index (χ0n) is 12.0. The molecule has 0 amide bonds. The van der Waals surface area contributed by atoms with Crippen LogP contribution in [0.2, 0.25) is 0 Å². The van der Waals surface area contributed by atoms with Gasteiger partial charge in [-0.05, 0) is 44.2 Å². The van der Waals surface area contributed by atoms with Crippen molar-refractivity contribution in [3.05, 3.63) is 28.2 Å². The summed E-state index contributed by atoms with van der Waals surface area (Å²) in [5.41, 5.74) is 2.57. The van der Waals surface area contributed by atoms with Crippen LogP contribution in [0.5, 0.6) is 0 Å². The van der Waals surface area contributed by atoms with Crippen LogP contribution in [-0.2, 0) is 16.1 Å². The van der Waals surface area contributed by atoms with Crippen LogP contribution in [0.25, 0.3) is 0 Å². The molecule has 1 heterocycles. The standard InChI is InChI=1S/C16H22BrNO2/c1-19-11-13-14(17)4-2-5-15(13)18-12-6-9-20-16(10-12)7-3-8-16/h2,4-5,12,18H,3,6-11H2,1H3. The summed E-state index contributed by atoms with van der Waals surface area (Å²) >= 11 is 3.62. The van der Waals surface area contributed by atoms with Crippen molar-refractivity contribution in [2.24, 2.45) is 0 Å². The molecule has 0 bridgehead atoms. The second-order valence-electron chi connectivity index (χ2n) is 5.92. The summed E-state index contributed by atoms with van der Waals surface area (Å²) in [6.45, 7) is 1.50. The molecule has 1 saturated carbocycles. The monoisotopic (exact) mass is 339 g/mol. The van der Waals surface area contributed by atoms with Gasteiger partial charge in [-0.25, -0.2) is 0 Å². The highest BCUT2D eigenvalue weighted by molar-refractivity contribution is 9.10. The molecular formula is C16H22BrNO2. The van der Waals surface area contributed by atoms with Crippen molar-refractivity contribution in [1.29, 1.82) is 0 Å². The quantitative estimate of drug-likeness (QED) is 0.895. The first-order valence-electron chi connectivity index (χ1n) is 7.39. The maximum absolute atomic E-state index is 6.00. The zero-order valence-corrected chi connectivity index (χ0v) is 13.5. The minimum atomic E-state index is 0.184. The van der Waals surface area contributed by atoms with Crippen molar-refractivity contribution in [3.63, 3.8) is 0 Å². The Hall–Kier alpha value is -0.580. The molecule has 1 N–H and O–H groups in total. The van der Waals surface area contributed by atoms with Crippen molar-refractivity contribution in [2.75, 3.05) is 19.0 Å². The van der Waals surface area contributed by atoms with E-state index in [0.717, 1.165) is 23.9 Å². The van der Waals surface area contributed by atoms with E-state index in [1.165, 1.54) is 30.5 Å². The highest BCUT2D eigenvalue weighted by Crippen LogP contribution is 2.43. The summed E-state index contributed by atoms with van der Waals surface area (Å²) in [7, 11) is 1.74. The van der Waals surface area contributed by atoms with Gasteiger partial charge in [-0.3, -0.25) is 0 Å². The maximum Gasteiger partial charge on any atom is 0.0744 e. The second-order valence-corrected chi connectivity index (χ2v) is 6.77. The summed E-state index contributed by atoms with van der Waals surface area (Å²) < 4.78 is 12.4. The largest absolute Gasteiger partial charge is 0.382 e. The first-order chi connectivity index (χ1) is 9.72. The first kappa shape index (κ1) is 14.4. The predicted molar refractivity (Wildman–Crippen MR) is 84.0 cm³/mol. The molecule has 1 atom stereocenters. The van der Waals surface area contributed by atoms with Gasteiger partial charge in [0.05, 0.1) is 12.2 Å². The van der Waals surface area contributed by atoms with Crippen LogP contribution in [0, 0.1) is 0 Å². The van der Waals surface area contributed by atoms with E-state index in [2.05, 4.69) is 39.4 Å². The molecule has 0 radical (unpaired) electrons. The molecule has 4 heteroatoms. The summed E-state index contributed by atoms with van der Waals surface area (Å²) in [5.74, 6) is 0. The number of rotatable bonds is 4. The van der Waals surface area contributed by atoms with E-state index in [1.54, 1.807) is 7.11 Å². The number of anilines is 1. The Kier molecular flexibility index (Phi) is 4.34. The van der Waals surface area contributed by atoms with Gasteiger partial charge in [-0.1, -0.05) is 22.0 Å². The normalized spacial score (nSPS) is 24.4. The minimum absolute atomic E-state index is 0.184. The summed E-state index contributed by atoms with van der Waals surface area (Å²) in [5, 5.41) is 3.71.